The summed E-state index contributed by atoms with van der Waals surface area (Å²) in [6.45, 7) is 4.37. The summed E-state index contributed by atoms with van der Waals surface area (Å²) in [5.41, 5.74) is 7.90. The van der Waals surface area contributed by atoms with E-state index in [0.29, 0.717) is 5.92 Å². The molecule has 0 spiro atoms. The molecule has 2 heteroatoms. The van der Waals surface area contributed by atoms with Gasteiger partial charge in [-0.15, -0.1) is 0 Å². The van der Waals surface area contributed by atoms with Crippen LogP contribution in [-0.2, 0) is 6.42 Å². The lowest BCUT2D eigenvalue weighted by Gasteiger charge is -2.09. The predicted octanol–water partition coefficient (Wildman–Crippen LogP) is 2.48. The van der Waals surface area contributed by atoms with Gasteiger partial charge >= 0.3 is 0 Å². The predicted molar refractivity (Wildman–Crippen MR) is 55.9 cm³/mol. The van der Waals surface area contributed by atoms with Gasteiger partial charge in [0.1, 0.15) is 5.75 Å². The van der Waals surface area contributed by atoms with Gasteiger partial charge in [0.05, 0.1) is 7.11 Å². The molecule has 0 aromatic heterocycles. The fourth-order valence-corrected chi connectivity index (χ4v) is 1.33. The van der Waals surface area contributed by atoms with E-state index in [-0.39, 0.29) is 0 Å². The van der Waals surface area contributed by atoms with Crippen molar-refractivity contribution in [1.29, 1.82) is 0 Å². The SMILES string of the molecule is COc1ccc(CC(C)C)c(N)c1. The number of hydrogen-bond donors (Lipinski definition) is 1. The van der Waals surface area contributed by atoms with Crippen LogP contribution in [0.15, 0.2) is 18.2 Å². The van der Waals surface area contributed by atoms with Crippen LogP contribution < -0.4 is 10.5 Å². The minimum absolute atomic E-state index is 0.635. The van der Waals surface area contributed by atoms with E-state index < -0.39 is 0 Å². The molecule has 0 saturated carbocycles. The highest BCUT2D eigenvalue weighted by molar-refractivity contribution is 5.51. The van der Waals surface area contributed by atoms with Crippen LogP contribution in [0.4, 0.5) is 5.69 Å². The third-order valence-electron chi connectivity index (χ3n) is 1.98. The Kier molecular flexibility index (Phi) is 3.18. The molecule has 0 radical (unpaired) electrons. The lowest BCUT2D eigenvalue weighted by Crippen LogP contribution is -1.99. The summed E-state index contributed by atoms with van der Waals surface area (Å²) in [5.74, 6) is 1.46. The molecule has 0 amide bonds. The summed E-state index contributed by atoms with van der Waals surface area (Å²) in [6, 6.07) is 5.86. The smallest absolute Gasteiger partial charge is 0.120 e. The third kappa shape index (κ3) is 2.65. The summed E-state index contributed by atoms with van der Waals surface area (Å²) in [7, 11) is 1.65. The van der Waals surface area contributed by atoms with Gasteiger partial charge in [-0.05, 0) is 24.0 Å². The normalized spacial score (nSPS) is 10.5. The van der Waals surface area contributed by atoms with E-state index in [1.54, 1.807) is 7.11 Å². The number of benzene rings is 1. The molecule has 13 heavy (non-hydrogen) atoms. The lowest BCUT2D eigenvalue weighted by atomic mass is 10.0. The van der Waals surface area contributed by atoms with Gasteiger partial charge in [-0.25, -0.2) is 0 Å². The van der Waals surface area contributed by atoms with Crippen molar-refractivity contribution in [1.82, 2.24) is 0 Å². The Balaban J connectivity index is 2.85. The molecule has 0 fully saturated rings. The zero-order valence-corrected chi connectivity index (χ0v) is 8.50. The van der Waals surface area contributed by atoms with Crippen LogP contribution in [0.3, 0.4) is 0 Å². The van der Waals surface area contributed by atoms with Gasteiger partial charge in [-0.2, -0.15) is 0 Å². The van der Waals surface area contributed by atoms with Crippen LogP contribution in [0, 0.1) is 5.92 Å². The van der Waals surface area contributed by atoms with Crippen molar-refractivity contribution >= 4 is 5.69 Å². The first-order chi connectivity index (χ1) is 6.13. The molecule has 0 aliphatic carbocycles. The van der Waals surface area contributed by atoms with E-state index in [1.165, 1.54) is 5.56 Å². The Labute approximate surface area is 79.7 Å². The van der Waals surface area contributed by atoms with Gasteiger partial charge in [0.25, 0.3) is 0 Å². The topological polar surface area (TPSA) is 35.2 Å². The van der Waals surface area contributed by atoms with Crippen molar-refractivity contribution in [2.75, 3.05) is 12.8 Å². The van der Waals surface area contributed by atoms with Crippen LogP contribution in [0.5, 0.6) is 5.75 Å². The number of ether oxygens (including phenoxy) is 1. The molecule has 0 atom stereocenters. The number of hydrogen-bond acceptors (Lipinski definition) is 2. The minimum Gasteiger partial charge on any atom is -0.497 e. The van der Waals surface area contributed by atoms with Gasteiger partial charge in [-0.3, -0.25) is 0 Å². The van der Waals surface area contributed by atoms with E-state index in [1.807, 2.05) is 18.2 Å². The maximum absolute atomic E-state index is 5.87. The molecule has 0 bridgehead atoms. The van der Waals surface area contributed by atoms with Crippen molar-refractivity contribution in [2.45, 2.75) is 20.3 Å². The first kappa shape index (κ1) is 9.90. The fourth-order valence-electron chi connectivity index (χ4n) is 1.33. The summed E-state index contributed by atoms with van der Waals surface area (Å²) in [4.78, 5) is 0. The van der Waals surface area contributed by atoms with Crippen molar-refractivity contribution in [3.8, 4) is 5.75 Å². The number of anilines is 1. The average molecular weight is 179 g/mol. The highest BCUT2D eigenvalue weighted by atomic mass is 16.5. The molecule has 0 heterocycles. The Bertz CT molecular complexity index is 281. The van der Waals surface area contributed by atoms with Crippen LogP contribution in [0.25, 0.3) is 0 Å². The average Bonchev–Trinajstić information content (AvgIpc) is 2.08. The van der Waals surface area contributed by atoms with Gasteiger partial charge in [0.2, 0.25) is 0 Å². The molecule has 0 aliphatic rings. The van der Waals surface area contributed by atoms with E-state index >= 15 is 0 Å². The van der Waals surface area contributed by atoms with E-state index in [4.69, 9.17) is 10.5 Å². The fraction of sp³-hybridized carbons (Fsp3) is 0.455. The monoisotopic (exact) mass is 179 g/mol. The lowest BCUT2D eigenvalue weighted by molar-refractivity contribution is 0.415. The Hall–Kier alpha value is -1.18. The number of nitrogen functional groups attached to an aromatic ring is 1. The van der Waals surface area contributed by atoms with Crippen LogP contribution in [0.2, 0.25) is 0 Å². The summed E-state index contributed by atoms with van der Waals surface area (Å²) >= 11 is 0. The molecule has 1 rings (SSSR count). The molecule has 0 unspecified atom stereocenters. The second kappa shape index (κ2) is 4.17. The van der Waals surface area contributed by atoms with Crippen LogP contribution in [-0.4, -0.2) is 7.11 Å². The first-order valence-electron chi connectivity index (χ1n) is 4.56. The van der Waals surface area contributed by atoms with Crippen molar-refractivity contribution in [3.05, 3.63) is 23.8 Å². The third-order valence-corrected chi connectivity index (χ3v) is 1.98. The number of methoxy groups -OCH3 is 1. The Morgan fingerprint density at radius 2 is 2.08 bits per heavy atom. The molecular formula is C11H17NO. The molecule has 1 aromatic rings. The van der Waals surface area contributed by atoms with Crippen molar-refractivity contribution in [3.63, 3.8) is 0 Å². The van der Waals surface area contributed by atoms with Gasteiger partial charge in [0.15, 0.2) is 0 Å². The zero-order valence-electron chi connectivity index (χ0n) is 8.50. The summed E-state index contributed by atoms with van der Waals surface area (Å²) in [6.07, 6.45) is 1.02. The minimum atomic E-state index is 0.635. The second-order valence-corrected chi connectivity index (χ2v) is 3.66. The van der Waals surface area contributed by atoms with E-state index in [9.17, 15) is 0 Å². The van der Waals surface area contributed by atoms with Gasteiger partial charge in [-0.1, -0.05) is 19.9 Å². The zero-order chi connectivity index (χ0) is 9.84. The summed E-state index contributed by atoms with van der Waals surface area (Å²) in [5, 5.41) is 0. The number of nitrogens with two attached hydrogens (primary N) is 1. The number of rotatable bonds is 3. The molecule has 0 aliphatic heterocycles. The maximum Gasteiger partial charge on any atom is 0.120 e. The van der Waals surface area contributed by atoms with Crippen molar-refractivity contribution in [2.24, 2.45) is 5.92 Å². The second-order valence-electron chi connectivity index (χ2n) is 3.66. The standard InChI is InChI=1S/C11H17NO/c1-8(2)6-9-4-5-10(13-3)7-11(9)12/h4-5,7-8H,6,12H2,1-3H3. The molecule has 0 saturated heterocycles. The molecule has 72 valence electrons. The van der Waals surface area contributed by atoms with Gasteiger partial charge < -0.3 is 10.5 Å². The van der Waals surface area contributed by atoms with Crippen LogP contribution in [0.1, 0.15) is 19.4 Å². The first-order valence-corrected chi connectivity index (χ1v) is 4.56. The molecule has 2 N–H and O–H groups in total. The van der Waals surface area contributed by atoms with E-state index in [2.05, 4.69) is 13.8 Å². The summed E-state index contributed by atoms with van der Waals surface area (Å²) < 4.78 is 5.07. The van der Waals surface area contributed by atoms with Crippen molar-refractivity contribution < 1.29 is 4.74 Å². The van der Waals surface area contributed by atoms with Crippen LogP contribution >= 0.6 is 0 Å². The largest absolute Gasteiger partial charge is 0.497 e. The molecular weight excluding hydrogens is 162 g/mol. The highest BCUT2D eigenvalue weighted by Gasteiger charge is 2.03. The molecule has 2 nitrogen and oxygen atoms in total. The quantitative estimate of drug-likeness (QED) is 0.723. The maximum atomic E-state index is 5.87. The Morgan fingerprint density at radius 3 is 2.54 bits per heavy atom. The Morgan fingerprint density at radius 1 is 1.38 bits per heavy atom. The molecule has 1 aromatic carbocycles. The van der Waals surface area contributed by atoms with Gasteiger partial charge in [0, 0.05) is 11.8 Å². The van der Waals surface area contributed by atoms with E-state index in [0.717, 1.165) is 17.9 Å². The highest BCUT2D eigenvalue weighted by Crippen LogP contribution is 2.21.